The number of benzene rings is 3. The first-order valence-corrected chi connectivity index (χ1v) is 51.0. The van der Waals surface area contributed by atoms with E-state index in [1.807, 2.05) is 51.1 Å². The second-order valence-electron chi connectivity index (χ2n) is 20.3. The minimum Gasteiger partial charge on any atom is -0.0965 e. The van der Waals surface area contributed by atoms with Crippen molar-refractivity contribution < 1.29 is 0 Å². The molecule has 0 amide bonds. The summed E-state index contributed by atoms with van der Waals surface area (Å²) in [4.78, 5) is 0. The van der Waals surface area contributed by atoms with Crippen molar-refractivity contribution in [1.82, 2.24) is 0 Å². The number of hydrogen-bond acceptors (Lipinski definition) is 0. The molecule has 0 spiro atoms. The van der Waals surface area contributed by atoms with Crippen LogP contribution >= 0.6 is 209 Å². The molecule has 0 unspecified atom stereocenters. The molecular formula is C54H94Cl13P9. The molecule has 2 fully saturated rings. The van der Waals surface area contributed by atoms with Gasteiger partial charge in [-0.05, 0) is 141 Å². The Morgan fingerprint density at radius 2 is 0.763 bits per heavy atom. The second kappa shape index (κ2) is 52.3. The van der Waals surface area contributed by atoms with Crippen LogP contribution < -0.4 is 15.9 Å². The standard InChI is InChI=1S/C14H14ClP.C10H18ClP.C8H18ClP.C6H5Cl2P.C6H14ClP.C4H10ClP.C3H7Cl2P.C2H5Cl2P.CH3Cl2P/c1-11-7-3-5-9-13(11)16(15)14-10-6-4-8-12(14)2;11-12(9-5-1-2-6-9)10-7-3-4-8-10;1-7(2,3)10(9)8(4,5)6;7-9(8)6-4-2-1-3-5-6;1-5(2)8(7)6(3)4;1-3-6(5)4-2;1-3(2)6(4)5;1-2-5(3)4;1-4(2)3/h3-10H,1-2H3;9-10H,1-8H2;1-6H3;1-5H;5-6H,1-4H3;3-4H2,1-2H3;3H,1-2H3;2H2,1H3;1H3. The summed E-state index contributed by atoms with van der Waals surface area (Å²) in [5.74, 6) is 0. The van der Waals surface area contributed by atoms with Gasteiger partial charge in [0.15, 0.2) is 0 Å². The fraction of sp³-hybridized carbons (Fsp3) is 0.667. The maximum atomic E-state index is 6.61. The van der Waals surface area contributed by atoms with Crippen molar-refractivity contribution in [2.45, 2.75) is 208 Å². The van der Waals surface area contributed by atoms with Crippen LogP contribution in [-0.4, -0.2) is 63.8 Å². The van der Waals surface area contributed by atoms with Crippen molar-refractivity contribution in [2.24, 2.45) is 0 Å². The normalized spacial score (nSPS) is 13.7. The monoisotopic (exact) mass is 1480 g/mol. The lowest BCUT2D eigenvalue weighted by Gasteiger charge is -2.35. The fourth-order valence-electron chi connectivity index (χ4n) is 6.66. The Morgan fingerprint density at radius 1 is 0.474 bits per heavy atom. The zero-order valence-electron chi connectivity index (χ0n) is 48.6. The van der Waals surface area contributed by atoms with Crippen molar-refractivity contribution >= 4 is 225 Å². The molecule has 0 aromatic heterocycles. The average molecular weight is 1480 g/mol. The molecule has 76 heavy (non-hydrogen) atoms. The Balaban J connectivity index is -0.000000396. The van der Waals surface area contributed by atoms with E-state index in [0.29, 0.717) is 17.0 Å². The molecule has 3 aromatic rings. The predicted octanol–water partition coefficient (Wildman–Crippen LogP) is 30.2. The van der Waals surface area contributed by atoms with Gasteiger partial charge in [0.2, 0.25) is 0 Å². The van der Waals surface area contributed by atoms with Crippen LogP contribution in [0.25, 0.3) is 0 Å². The zero-order valence-corrected chi connectivity index (χ0v) is 66.5. The highest BCUT2D eigenvalue weighted by atomic mass is 35.9. The Labute approximate surface area is 541 Å². The van der Waals surface area contributed by atoms with Gasteiger partial charge in [-0.2, -0.15) is 0 Å². The molecule has 0 radical (unpaired) electrons. The molecule has 5 rings (SSSR count). The third-order valence-electron chi connectivity index (χ3n) is 10.4. The summed E-state index contributed by atoms with van der Waals surface area (Å²) >= 11 is 74.1. The molecule has 2 saturated carbocycles. The van der Waals surface area contributed by atoms with Gasteiger partial charge >= 0.3 is 0 Å². The number of halogens is 13. The number of aryl methyl sites for hydroxylation is 2. The Kier molecular flexibility index (Phi) is 60.3. The average Bonchev–Trinajstić information content (AvgIpc) is 4.11. The molecule has 0 aliphatic heterocycles. The van der Waals surface area contributed by atoms with Crippen molar-refractivity contribution in [3.63, 3.8) is 0 Å². The van der Waals surface area contributed by atoms with E-state index in [1.165, 1.54) is 73.1 Å². The minimum atomic E-state index is -0.951. The second-order valence-corrected chi connectivity index (χ2v) is 54.3. The highest BCUT2D eigenvalue weighted by molar-refractivity contribution is 8.09. The molecule has 0 atom stereocenters. The van der Waals surface area contributed by atoms with Gasteiger partial charge in [0, 0.05) is 18.2 Å². The Hall–Kier alpha value is 5.30. The van der Waals surface area contributed by atoms with E-state index in [2.05, 4.69) is 145 Å². The fourth-order valence-corrected chi connectivity index (χ4v) is 17.5. The van der Waals surface area contributed by atoms with Crippen LogP contribution in [0.15, 0.2) is 78.9 Å². The molecule has 2 aliphatic carbocycles. The van der Waals surface area contributed by atoms with Gasteiger partial charge in [0.25, 0.3) is 0 Å². The highest BCUT2D eigenvalue weighted by Crippen LogP contribution is 2.63. The largest absolute Gasteiger partial charge is 0.116 e. The van der Waals surface area contributed by atoms with Gasteiger partial charge in [0.05, 0.1) is 27.2 Å². The number of hydrogen-bond donors (Lipinski definition) is 0. The van der Waals surface area contributed by atoms with E-state index in [4.69, 9.17) is 146 Å². The van der Waals surface area contributed by atoms with Gasteiger partial charge in [0.1, 0.15) is 6.63 Å². The molecule has 446 valence electrons. The molecule has 0 bridgehead atoms. The highest BCUT2D eigenvalue weighted by Gasteiger charge is 2.33. The molecular weight excluding hydrogens is 1390 g/mol. The molecule has 0 saturated heterocycles. The first-order chi connectivity index (χ1) is 35.0. The third kappa shape index (κ3) is 49.3. The maximum Gasteiger partial charge on any atom is 0.116 e. The van der Waals surface area contributed by atoms with Crippen LogP contribution in [0, 0.1) is 13.8 Å². The van der Waals surface area contributed by atoms with E-state index in [-0.39, 0.29) is 32.1 Å². The lowest BCUT2D eigenvalue weighted by Crippen LogP contribution is -2.21. The topological polar surface area (TPSA) is 0 Å². The van der Waals surface area contributed by atoms with E-state index in [9.17, 15) is 0 Å². The van der Waals surface area contributed by atoms with E-state index < -0.39 is 41.1 Å². The summed E-state index contributed by atoms with van der Waals surface area (Å²) in [5.41, 5.74) is 6.20. The van der Waals surface area contributed by atoms with Gasteiger partial charge < -0.3 is 0 Å². The SMILES string of the molecule is CC(C)(C)P(Cl)C(C)(C)C.CC(C)P(Cl)C(C)C.CC(C)P(Cl)Cl.CCP(Cl)CC.CCP(Cl)Cl.CP(Cl)Cl.Cc1ccccc1P(Cl)c1ccccc1C.ClP(C1CCCC1)C1CCCC1.ClP(Cl)c1ccccc1. The van der Waals surface area contributed by atoms with Crippen molar-refractivity contribution in [1.29, 1.82) is 0 Å². The molecule has 0 nitrogen and oxygen atoms in total. The molecule has 3 aromatic carbocycles. The molecule has 2 aliphatic rings. The molecule has 0 N–H and O–H groups in total. The minimum absolute atomic E-state index is 0.104. The van der Waals surface area contributed by atoms with Crippen LogP contribution in [-0.2, 0) is 0 Å². The van der Waals surface area contributed by atoms with E-state index >= 15 is 0 Å². The summed E-state index contributed by atoms with van der Waals surface area (Å²) in [6.07, 6.45) is 14.8. The van der Waals surface area contributed by atoms with Crippen LogP contribution in [0.5, 0.6) is 0 Å². The summed E-state index contributed by atoms with van der Waals surface area (Å²) in [6, 6.07) is 26.3. The van der Waals surface area contributed by atoms with Gasteiger partial charge in [-0.25, -0.2) is 0 Å². The summed E-state index contributed by atoms with van der Waals surface area (Å²) in [5, 5.41) is 4.07. The summed E-state index contributed by atoms with van der Waals surface area (Å²) in [6.45, 7) is 35.2. The quantitative estimate of drug-likeness (QED) is 0.168. The Bertz CT molecular complexity index is 1660. The first kappa shape index (κ1) is 87.7. The van der Waals surface area contributed by atoms with Crippen LogP contribution in [0.3, 0.4) is 0 Å². The smallest absolute Gasteiger partial charge is 0.0965 e. The first-order valence-electron chi connectivity index (χ1n) is 25.8. The van der Waals surface area contributed by atoms with Crippen LogP contribution in [0.4, 0.5) is 0 Å². The van der Waals surface area contributed by atoms with Crippen molar-refractivity contribution in [3.05, 3.63) is 90.0 Å². The van der Waals surface area contributed by atoms with Crippen molar-refractivity contribution in [2.75, 3.05) is 25.2 Å². The van der Waals surface area contributed by atoms with Gasteiger partial charge in [-0.15, -0.1) is 0 Å². The maximum absolute atomic E-state index is 6.61. The van der Waals surface area contributed by atoms with E-state index in [1.54, 1.807) is 6.66 Å². The van der Waals surface area contributed by atoms with Gasteiger partial charge in [-0.1, -0.05) is 355 Å². The van der Waals surface area contributed by atoms with Crippen LogP contribution in [0.2, 0.25) is 0 Å². The lowest BCUT2D eigenvalue weighted by atomic mass is 10.2. The molecule has 22 heteroatoms. The lowest BCUT2D eigenvalue weighted by molar-refractivity contribution is 0.719. The summed E-state index contributed by atoms with van der Waals surface area (Å²) < 4.78 is 0. The van der Waals surface area contributed by atoms with Gasteiger partial charge in [-0.3, -0.25) is 0 Å². The number of rotatable bonds is 11. The van der Waals surface area contributed by atoms with E-state index in [0.717, 1.165) is 35.1 Å². The van der Waals surface area contributed by atoms with Crippen LogP contribution in [0.1, 0.15) is 166 Å². The molecule has 0 heterocycles. The Morgan fingerprint density at radius 3 is 0.934 bits per heavy atom. The summed E-state index contributed by atoms with van der Waals surface area (Å²) in [7, 11) is -1.57. The van der Waals surface area contributed by atoms with Crippen molar-refractivity contribution in [3.8, 4) is 0 Å². The third-order valence-corrected chi connectivity index (χ3v) is 36.9. The zero-order chi connectivity index (χ0) is 59.9. The predicted molar refractivity (Wildman–Crippen MR) is 393 cm³/mol.